The van der Waals surface area contributed by atoms with E-state index in [9.17, 15) is 9.18 Å². The van der Waals surface area contributed by atoms with E-state index in [1.165, 1.54) is 17.7 Å². The van der Waals surface area contributed by atoms with Gasteiger partial charge in [0.1, 0.15) is 5.82 Å². The summed E-state index contributed by atoms with van der Waals surface area (Å²) < 4.78 is 13.0. The summed E-state index contributed by atoms with van der Waals surface area (Å²) in [5.41, 5.74) is 3.34. The van der Waals surface area contributed by atoms with E-state index < -0.39 is 0 Å². The molecule has 1 N–H and O–H groups in total. The molecule has 2 aromatic rings. The molecule has 2 amide bonds. The highest BCUT2D eigenvalue weighted by atomic mass is 19.1. The number of nitrogens with zero attached hydrogens (tertiary/aromatic N) is 3. The average molecular weight is 370 g/mol. The van der Waals surface area contributed by atoms with Crippen molar-refractivity contribution in [2.45, 2.75) is 13.1 Å². The molecule has 0 saturated carbocycles. The minimum absolute atomic E-state index is 0.0360. The van der Waals surface area contributed by atoms with E-state index >= 15 is 0 Å². The van der Waals surface area contributed by atoms with Gasteiger partial charge in [0, 0.05) is 45.0 Å². The number of rotatable bonds is 5. The second-order valence-electron chi connectivity index (χ2n) is 7.16. The third-order valence-corrected chi connectivity index (χ3v) is 4.72. The van der Waals surface area contributed by atoms with Gasteiger partial charge in [-0.2, -0.15) is 0 Å². The lowest BCUT2D eigenvalue weighted by Crippen LogP contribution is -2.51. The lowest BCUT2D eigenvalue weighted by atomic mass is 10.1. The van der Waals surface area contributed by atoms with Crippen molar-refractivity contribution in [3.63, 3.8) is 0 Å². The van der Waals surface area contributed by atoms with Crippen LogP contribution < -0.4 is 10.2 Å². The van der Waals surface area contributed by atoms with Gasteiger partial charge in [-0.15, -0.1) is 0 Å². The van der Waals surface area contributed by atoms with Crippen molar-refractivity contribution in [1.29, 1.82) is 0 Å². The van der Waals surface area contributed by atoms with Gasteiger partial charge in [-0.05, 0) is 49.5 Å². The first-order valence-electron chi connectivity index (χ1n) is 9.27. The summed E-state index contributed by atoms with van der Waals surface area (Å²) in [4.78, 5) is 18.5. The van der Waals surface area contributed by atoms with E-state index in [0.29, 0.717) is 19.6 Å². The molecular formula is C21H27FN4O. The smallest absolute Gasteiger partial charge is 0.317 e. The number of halogens is 1. The monoisotopic (exact) mass is 370 g/mol. The molecule has 6 heteroatoms. The fourth-order valence-electron chi connectivity index (χ4n) is 3.24. The summed E-state index contributed by atoms with van der Waals surface area (Å²) in [7, 11) is 4.09. The van der Waals surface area contributed by atoms with Gasteiger partial charge >= 0.3 is 6.03 Å². The van der Waals surface area contributed by atoms with E-state index in [2.05, 4.69) is 39.4 Å². The number of benzene rings is 2. The summed E-state index contributed by atoms with van der Waals surface area (Å²) >= 11 is 0. The number of carbonyl (C=O) groups excluding carboxylic acids is 1. The fourth-order valence-corrected chi connectivity index (χ4v) is 3.24. The molecule has 0 aliphatic carbocycles. The summed E-state index contributed by atoms with van der Waals surface area (Å²) in [5.74, 6) is -0.230. The van der Waals surface area contributed by atoms with Crippen LogP contribution >= 0.6 is 0 Å². The molecule has 27 heavy (non-hydrogen) atoms. The SMILES string of the molecule is CN(C)Cc1ccc(CNC(=O)N2CCN(c3ccc(F)cc3)CC2)cc1. The Kier molecular flexibility index (Phi) is 6.29. The Labute approximate surface area is 160 Å². The second kappa shape index (κ2) is 8.86. The molecule has 2 aromatic carbocycles. The zero-order valence-electron chi connectivity index (χ0n) is 16.0. The number of amides is 2. The minimum Gasteiger partial charge on any atom is -0.368 e. The molecule has 5 nitrogen and oxygen atoms in total. The van der Waals surface area contributed by atoms with Crippen molar-refractivity contribution in [1.82, 2.24) is 15.1 Å². The van der Waals surface area contributed by atoms with Crippen molar-refractivity contribution in [2.24, 2.45) is 0 Å². The van der Waals surface area contributed by atoms with E-state index in [0.717, 1.165) is 30.9 Å². The van der Waals surface area contributed by atoms with Gasteiger partial charge in [0.25, 0.3) is 0 Å². The van der Waals surface area contributed by atoms with Crippen LogP contribution in [0.5, 0.6) is 0 Å². The molecule has 1 saturated heterocycles. The predicted octanol–water partition coefficient (Wildman–Crippen LogP) is 2.92. The van der Waals surface area contributed by atoms with Gasteiger partial charge in [0.2, 0.25) is 0 Å². The van der Waals surface area contributed by atoms with Gasteiger partial charge in [-0.25, -0.2) is 9.18 Å². The van der Waals surface area contributed by atoms with Crippen LogP contribution in [0, 0.1) is 5.82 Å². The van der Waals surface area contributed by atoms with Crippen molar-refractivity contribution >= 4 is 11.7 Å². The molecule has 3 rings (SSSR count). The third kappa shape index (κ3) is 5.44. The maximum absolute atomic E-state index is 13.0. The predicted molar refractivity (Wildman–Crippen MR) is 106 cm³/mol. The van der Waals surface area contributed by atoms with Gasteiger partial charge in [-0.3, -0.25) is 0 Å². The highest BCUT2D eigenvalue weighted by Gasteiger charge is 2.21. The van der Waals surface area contributed by atoms with Crippen molar-refractivity contribution in [3.05, 3.63) is 65.5 Å². The number of hydrogen-bond acceptors (Lipinski definition) is 3. The van der Waals surface area contributed by atoms with Crippen molar-refractivity contribution < 1.29 is 9.18 Å². The van der Waals surface area contributed by atoms with Crippen LogP contribution in [0.1, 0.15) is 11.1 Å². The normalized spacial score (nSPS) is 14.5. The van der Waals surface area contributed by atoms with Crippen molar-refractivity contribution in [2.75, 3.05) is 45.2 Å². The van der Waals surface area contributed by atoms with E-state index in [4.69, 9.17) is 0 Å². The number of piperazine rings is 1. The fraction of sp³-hybridized carbons (Fsp3) is 0.381. The molecule has 1 fully saturated rings. The molecule has 144 valence electrons. The maximum Gasteiger partial charge on any atom is 0.317 e. The molecule has 0 aromatic heterocycles. The quantitative estimate of drug-likeness (QED) is 0.880. The summed E-state index contributed by atoms with van der Waals surface area (Å²) in [5, 5.41) is 3.00. The van der Waals surface area contributed by atoms with Gasteiger partial charge in [0.05, 0.1) is 0 Å². The minimum atomic E-state index is -0.230. The standard InChI is InChI=1S/C21H27FN4O/c1-24(2)16-18-5-3-17(4-6-18)15-23-21(27)26-13-11-25(12-14-26)20-9-7-19(22)8-10-20/h3-10H,11-16H2,1-2H3,(H,23,27). The molecule has 1 aliphatic heterocycles. The van der Waals surface area contributed by atoms with Crippen molar-refractivity contribution in [3.8, 4) is 0 Å². The molecule has 1 aliphatic rings. The Morgan fingerprint density at radius 3 is 2.15 bits per heavy atom. The third-order valence-electron chi connectivity index (χ3n) is 4.72. The summed E-state index contributed by atoms with van der Waals surface area (Å²) in [6, 6.07) is 14.8. The largest absolute Gasteiger partial charge is 0.368 e. The maximum atomic E-state index is 13.0. The first-order chi connectivity index (χ1) is 13.0. The molecule has 1 heterocycles. The Morgan fingerprint density at radius 2 is 1.56 bits per heavy atom. The zero-order valence-corrected chi connectivity index (χ0v) is 16.0. The molecule has 0 spiro atoms. The number of nitrogens with one attached hydrogen (secondary N) is 1. The van der Waals surface area contributed by atoms with Crippen LogP contribution in [0.15, 0.2) is 48.5 Å². The average Bonchev–Trinajstić information content (AvgIpc) is 2.67. The van der Waals surface area contributed by atoms with E-state index in [-0.39, 0.29) is 11.8 Å². The van der Waals surface area contributed by atoms with Crippen LogP contribution in [-0.4, -0.2) is 56.1 Å². The van der Waals surface area contributed by atoms with Crippen LogP contribution in [0.2, 0.25) is 0 Å². The van der Waals surface area contributed by atoms with Crippen LogP contribution in [0.4, 0.5) is 14.9 Å². The lowest BCUT2D eigenvalue weighted by molar-refractivity contribution is 0.194. The molecule has 0 atom stereocenters. The Bertz CT molecular complexity index is 738. The Morgan fingerprint density at radius 1 is 0.963 bits per heavy atom. The Balaban J connectivity index is 1.45. The van der Waals surface area contributed by atoms with Gasteiger partial charge in [-0.1, -0.05) is 24.3 Å². The van der Waals surface area contributed by atoms with Crippen LogP contribution in [0.25, 0.3) is 0 Å². The number of anilines is 1. The summed E-state index contributed by atoms with van der Waals surface area (Å²) in [6.45, 7) is 4.25. The lowest BCUT2D eigenvalue weighted by Gasteiger charge is -2.36. The number of carbonyl (C=O) groups is 1. The topological polar surface area (TPSA) is 38.8 Å². The molecular weight excluding hydrogens is 343 g/mol. The summed E-state index contributed by atoms with van der Waals surface area (Å²) in [6.07, 6.45) is 0. The van der Waals surface area contributed by atoms with E-state index in [1.54, 1.807) is 12.1 Å². The van der Waals surface area contributed by atoms with Crippen LogP contribution in [0.3, 0.4) is 0 Å². The number of hydrogen-bond donors (Lipinski definition) is 1. The Hall–Kier alpha value is -2.60. The highest BCUT2D eigenvalue weighted by molar-refractivity contribution is 5.74. The second-order valence-corrected chi connectivity index (χ2v) is 7.16. The number of urea groups is 1. The first-order valence-corrected chi connectivity index (χ1v) is 9.27. The van der Waals surface area contributed by atoms with Gasteiger partial charge in [0.15, 0.2) is 0 Å². The van der Waals surface area contributed by atoms with E-state index in [1.807, 2.05) is 19.0 Å². The molecule has 0 unspecified atom stereocenters. The first kappa shape index (κ1) is 19.2. The van der Waals surface area contributed by atoms with Crippen LogP contribution in [-0.2, 0) is 13.1 Å². The highest BCUT2D eigenvalue weighted by Crippen LogP contribution is 2.17. The molecule has 0 radical (unpaired) electrons. The van der Waals surface area contributed by atoms with Gasteiger partial charge < -0.3 is 20.0 Å². The zero-order chi connectivity index (χ0) is 19.2. The molecule has 0 bridgehead atoms.